The van der Waals surface area contributed by atoms with E-state index in [0.29, 0.717) is 10.9 Å². The van der Waals surface area contributed by atoms with Gasteiger partial charge in [-0.05, 0) is 13.2 Å². The van der Waals surface area contributed by atoms with Gasteiger partial charge in [0.15, 0.2) is 13.8 Å². The molecule has 0 aliphatic carbocycles. The van der Waals surface area contributed by atoms with Crippen LogP contribution in [0.25, 0.3) is 0 Å². The van der Waals surface area contributed by atoms with Crippen LogP contribution in [0, 0.1) is 6.92 Å². The van der Waals surface area contributed by atoms with Crippen molar-refractivity contribution in [3.63, 3.8) is 0 Å². The van der Waals surface area contributed by atoms with E-state index >= 15 is 0 Å². The molecule has 1 amide bonds. The highest BCUT2D eigenvalue weighted by molar-refractivity contribution is 8.03. The van der Waals surface area contributed by atoms with Gasteiger partial charge in [-0.15, -0.1) is 21.5 Å². The van der Waals surface area contributed by atoms with Gasteiger partial charge in [0.1, 0.15) is 0 Å². The molecule has 5 nitrogen and oxygen atoms in total. The minimum Gasteiger partial charge on any atom is -0.301 e. The smallest absolute Gasteiger partial charge is 0.236 e. The van der Waals surface area contributed by atoms with E-state index in [1.807, 2.05) is 18.6 Å². The van der Waals surface area contributed by atoms with Gasteiger partial charge in [0.05, 0.1) is 11.4 Å². The average Bonchev–Trinajstić information content (AvgIpc) is 2.95. The predicted octanol–water partition coefficient (Wildman–Crippen LogP) is 2.76. The van der Waals surface area contributed by atoms with Crippen molar-refractivity contribution < 1.29 is 4.79 Å². The fraction of sp³-hybridized carbons (Fsp3) is 0.333. The number of rotatable bonds is 5. The summed E-state index contributed by atoms with van der Waals surface area (Å²) >= 11 is 5.86. The molecule has 9 heteroatoms. The molecule has 0 aliphatic heterocycles. The Bertz CT molecular complexity index is 538. The molecule has 2 aromatic heterocycles. The molecule has 0 saturated carbocycles. The molecule has 96 valence electrons. The van der Waals surface area contributed by atoms with Crippen LogP contribution in [0.5, 0.6) is 0 Å². The summed E-state index contributed by atoms with van der Waals surface area (Å²) in [6, 6.07) is 0. The molecule has 2 rings (SSSR count). The third-order valence-electron chi connectivity index (χ3n) is 1.75. The minimum atomic E-state index is -0.0738. The highest BCUT2D eigenvalue weighted by atomic mass is 32.2. The Hall–Kier alpha value is -0.640. The van der Waals surface area contributed by atoms with Gasteiger partial charge in [0, 0.05) is 5.38 Å². The largest absolute Gasteiger partial charge is 0.301 e. The van der Waals surface area contributed by atoms with Gasteiger partial charge < -0.3 is 5.32 Å². The van der Waals surface area contributed by atoms with Crippen LogP contribution in [0.4, 0.5) is 5.13 Å². The number of carbonyl (C=O) groups is 1. The summed E-state index contributed by atoms with van der Waals surface area (Å²) in [7, 11) is 0. The molecule has 0 aliphatic rings. The van der Waals surface area contributed by atoms with E-state index in [2.05, 4.69) is 20.5 Å². The molecular weight excluding hydrogens is 308 g/mol. The second kappa shape index (κ2) is 6.50. The maximum absolute atomic E-state index is 11.7. The molecule has 0 unspecified atom stereocenters. The van der Waals surface area contributed by atoms with Crippen molar-refractivity contribution in [2.75, 3.05) is 17.3 Å². The third kappa shape index (κ3) is 3.94. The SMILES string of the molecule is CSc1nnc(SCC(=O)Nc2nc(C)cs2)s1. The number of hydrogen-bond acceptors (Lipinski definition) is 8. The van der Waals surface area contributed by atoms with Gasteiger partial charge >= 0.3 is 0 Å². The zero-order valence-corrected chi connectivity index (χ0v) is 12.9. The first-order valence-corrected chi connectivity index (χ1v) is 8.80. The Morgan fingerprint density at radius 3 is 2.83 bits per heavy atom. The Balaban J connectivity index is 1.81. The first-order valence-electron chi connectivity index (χ1n) is 4.89. The molecule has 0 spiro atoms. The number of amides is 1. The molecule has 18 heavy (non-hydrogen) atoms. The van der Waals surface area contributed by atoms with E-state index in [9.17, 15) is 4.79 Å². The maximum atomic E-state index is 11.7. The number of anilines is 1. The van der Waals surface area contributed by atoms with Crippen LogP contribution in [0.1, 0.15) is 5.69 Å². The molecule has 0 bridgehead atoms. The number of carbonyl (C=O) groups excluding carboxylic acids is 1. The van der Waals surface area contributed by atoms with E-state index in [1.165, 1.54) is 34.4 Å². The van der Waals surface area contributed by atoms with E-state index in [-0.39, 0.29) is 5.91 Å². The number of aryl methyl sites for hydroxylation is 1. The van der Waals surface area contributed by atoms with Gasteiger partial charge in [0.25, 0.3) is 0 Å². The number of thioether (sulfide) groups is 2. The van der Waals surface area contributed by atoms with Crippen molar-refractivity contribution in [3.8, 4) is 0 Å². The number of nitrogens with one attached hydrogen (secondary N) is 1. The van der Waals surface area contributed by atoms with Crippen LogP contribution in [0.2, 0.25) is 0 Å². The average molecular weight is 318 g/mol. The van der Waals surface area contributed by atoms with Crippen molar-refractivity contribution >= 4 is 57.2 Å². The summed E-state index contributed by atoms with van der Waals surface area (Å²) < 4.78 is 1.72. The molecule has 0 fully saturated rings. The number of nitrogens with zero attached hydrogens (tertiary/aromatic N) is 3. The first kappa shape index (κ1) is 13.8. The van der Waals surface area contributed by atoms with Crippen molar-refractivity contribution in [1.29, 1.82) is 0 Å². The molecule has 2 heterocycles. The standard InChI is InChI=1S/C9H10N4OS4/c1-5-3-16-7(10-5)11-6(14)4-17-9-13-12-8(15-2)18-9/h3H,4H2,1-2H3,(H,10,11,14). The lowest BCUT2D eigenvalue weighted by Crippen LogP contribution is -2.13. The van der Waals surface area contributed by atoms with Gasteiger partial charge in [-0.3, -0.25) is 4.79 Å². The third-order valence-corrected chi connectivity index (χ3v) is 5.66. The summed E-state index contributed by atoms with van der Waals surface area (Å²) in [6.45, 7) is 1.89. The summed E-state index contributed by atoms with van der Waals surface area (Å²) in [5.41, 5.74) is 0.914. The maximum Gasteiger partial charge on any atom is 0.236 e. The molecule has 2 aromatic rings. The lowest BCUT2D eigenvalue weighted by molar-refractivity contribution is -0.113. The predicted molar refractivity (Wildman–Crippen MR) is 77.9 cm³/mol. The zero-order valence-electron chi connectivity index (χ0n) is 9.67. The molecule has 0 atom stereocenters. The number of hydrogen-bond donors (Lipinski definition) is 1. The van der Waals surface area contributed by atoms with Crippen molar-refractivity contribution in [3.05, 3.63) is 11.1 Å². The van der Waals surface area contributed by atoms with E-state index in [4.69, 9.17) is 0 Å². The van der Waals surface area contributed by atoms with Crippen LogP contribution in [-0.2, 0) is 4.79 Å². The molecule has 0 radical (unpaired) electrons. The first-order chi connectivity index (χ1) is 8.67. The molecule has 0 saturated heterocycles. The van der Waals surface area contributed by atoms with E-state index in [0.717, 1.165) is 14.4 Å². The monoisotopic (exact) mass is 318 g/mol. The Labute approximate surface area is 121 Å². The Kier molecular flexibility index (Phi) is 4.98. The minimum absolute atomic E-state index is 0.0738. The summed E-state index contributed by atoms with van der Waals surface area (Å²) in [6.07, 6.45) is 1.95. The summed E-state index contributed by atoms with van der Waals surface area (Å²) in [4.78, 5) is 15.8. The van der Waals surface area contributed by atoms with Gasteiger partial charge in [-0.25, -0.2) is 4.98 Å². The second-order valence-electron chi connectivity index (χ2n) is 3.17. The van der Waals surface area contributed by atoms with Crippen molar-refractivity contribution in [2.45, 2.75) is 15.6 Å². The van der Waals surface area contributed by atoms with Crippen LogP contribution >= 0.6 is 46.2 Å². The lowest BCUT2D eigenvalue weighted by Gasteiger charge is -1.98. The highest BCUT2D eigenvalue weighted by Crippen LogP contribution is 2.27. The van der Waals surface area contributed by atoms with Crippen LogP contribution in [-0.4, -0.2) is 33.1 Å². The lowest BCUT2D eigenvalue weighted by atomic mass is 10.6. The number of thiazole rings is 1. The van der Waals surface area contributed by atoms with E-state index in [1.54, 1.807) is 11.8 Å². The van der Waals surface area contributed by atoms with Gasteiger partial charge in [0.2, 0.25) is 5.91 Å². The fourth-order valence-corrected chi connectivity index (χ4v) is 3.97. The summed E-state index contributed by atoms with van der Waals surface area (Å²) in [5, 5.41) is 13.2. The van der Waals surface area contributed by atoms with Crippen LogP contribution < -0.4 is 5.32 Å². The summed E-state index contributed by atoms with van der Waals surface area (Å²) in [5.74, 6) is 0.247. The Morgan fingerprint density at radius 1 is 1.44 bits per heavy atom. The van der Waals surface area contributed by atoms with Gasteiger partial charge in [-0.2, -0.15) is 0 Å². The molecule has 0 aromatic carbocycles. The van der Waals surface area contributed by atoms with Crippen molar-refractivity contribution in [1.82, 2.24) is 15.2 Å². The zero-order chi connectivity index (χ0) is 13.0. The second-order valence-corrected chi connectivity index (χ2v) is 7.28. The van der Waals surface area contributed by atoms with Crippen molar-refractivity contribution in [2.24, 2.45) is 0 Å². The van der Waals surface area contributed by atoms with E-state index < -0.39 is 0 Å². The number of aromatic nitrogens is 3. The van der Waals surface area contributed by atoms with Gasteiger partial charge in [-0.1, -0.05) is 34.9 Å². The fourth-order valence-electron chi connectivity index (χ4n) is 1.03. The van der Waals surface area contributed by atoms with Crippen LogP contribution in [0.3, 0.4) is 0 Å². The normalized spacial score (nSPS) is 10.6. The Morgan fingerprint density at radius 2 is 2.22 bits per heavy atom. The molecular formula is C9H10N4OS4. The topological polar surface area (TPSA) is 67.8 Å². The molecule has 1 N–H and O–H groups in total. The highest BCUT2D eigenvalue weighted by Gasteiger charge is 2.09. The quantitative estimate of drug-likeness (QED) is 0.855. The van der Waals surface area contributed by atoms with Crippen LogP contribution in [0.15, 0.2) is 14.1 Å².